The third-order valence-corrected chi connectivity index (χ3v) is 23.9. The molecule has 0 saturated heterocycles. The number of anilines is 2. The second-order valence-corrected chi connectivity index (χ2v) is 30.3. The normalized spacial score (nSPS) is 15.2. The van der Waals surface area contributed by atoms with Crippen LogP contribution in [0.25, 0.3) is 50.1 Å². The molecule has 0 N–H and O–H groups in total. The Morgan fingerprint density at radius 1 is 0.333 bits per heavy atom. The molecule has 6 aromatic rings. The van der Waals surface area contributed by atoms with E-state index in [1.807, 2.05) is 45.3 Å². The molecule has 8 rings (SSSR count). The molecule has 2 atom stereocenters. The molecule has 4 nitrogen and oxygen atoms in total. The van der Waals surface area contributed by atoms with E-state index in [2.05, 4.69) is 84.7 Å². The Bertz CT molecular complexity index is 2680. The number of thiophene rings is 4. The molecule has 2 amide bonds. The standard InChI is InChI=1S/C76H114N2O2S4/c1-5-9-13-17-21-25-27-31-35-39-45-59(43-37-33-29-23-19-15-11-7-3)47-41-51-77-65-55-63-69(83-67-49-53-81-73(63)67)57-61(65)71(75(77)79)72-62-58-70-64(74-68(84-70)50-54-82-74)56-66(62)78(76(72)80)52-42-48-60(44-38-34-30-24-20-16-12-8-4)46-40-36-32-28-26-22-18-14-10-6-2/h49-50,53-60H,5-48,51-52H2,1-4H3/b72-71+. The van der Waals surface area contributed by atoms with Crippen molar-refractivity contribution in [2.75, 3.05) is 22.9 Å². The Labute approximate surface area is 527 Å². The number of nitrogens with zero attached hydrogens (tertiary/aromatic N) is 2. The molecule has 0 spiro atoms. The molecule has 84 heavy (non-hydrogen) atoms. The maximum Gasteiger partial charge on any atom is 0.259 e. The Kier molecular flexibility index (Phi) is 30.0. The van der Waals surface area contributed by atoms with Gasteiger partial charge < -0.3 is 9.80 Å². The summed E-state index contributed by atoms with van der Waals surface area (Å²) < 4.78 is 7.68. The number of unbranched alkanes of at least 4 members (excludes halogenated alkanes) is 32. The topological polar surface area (TPSA) is 40.6 Å². The first-order chi connectivity index (χ1) is 41.4. The maximum absolute atomic E-state index is 15.7. The molecule has 8 heteroatoms. The lowest BCUT2D eigenvalue weighted by atomic mass is 9.90. The lowest BCUT2D eigenvalue weighted by Gasteiger charge is -2.21. The number of carbonyl (C=O) groups is 2. The largest absolute Gasteiger partial charge is 0.308 e. The fourth-order valence-electron chi connectivity index (χ4n) is 14.5. The van der Waals surface area contributed by atoms with E-state index >= 15 is 9.59 Å². The van der Waals surface area contributed by atoms with Crippen LogP contribution in [-0.2, 0) is 9.59 Å². The van der Waals surface area contributed by atoms with Crippen molar-refractivity contribution in [2.45, 2.75) is 310 Å². The lowest BCUT2D eigenvalue weighted by molar-refractivity contribution is -0.114. The Morgan fingerprint density at radius 3 is 0.905 bits per heavy atom. The molecule has 2 aromatic carbocycles. The van der Waals surface area contributed by atoms with E-state index in [-0.39, 0.29) is 11.8 Å². The maximum atomic E-state index is 15.7. The first kappa shape index (κ1) is 66.9. The molecule has 0 radical (unpaired) electrons. The van der Waals surface area contributed by atoms with Gasteiger partial charge in [0.05, 0.1) is 31.9 Å². The third-order valence-electron chi connectivity index (χ3n) is 19.5. The van der Waals surface area contributed by atoms with Crippen LogP contribution in [0.3, 0.4) is 0 Å². The monoisotopic (exact) mass is 1210 g/mol. The quantitative estimate of drug-likeness (QED) is 0.0282. The van der Waals surface area contributed by atoms with Crippen molar-refractivity contribution in [1.29, 1.82) is 0 Å². The first-order valence-corrected chi connectivity index (χ1v) is 39.1. The van der Waals surface area contributed by atoms with Gasteiger partial charge in [0.1, 0.15) is 0 Å². The lowest BCUT2D eigenvalue weighted by Crippen LogP contribution is -2.30. The summed E-state index contributed by atoms with van der Waals surface area (Å²) in [5.74, 6) is 1.47. The highest BCUT2D eigenvalue weighted by molar-refractivity contribution is 7.32. The van der Waals surface area contributed by atoms with Gasteiger partial charge in [-0.1, -0.05) is 285 Å². The van der Waals surface area contributed by atoms with E-state index in [4.69, 9.17) is 0 Å². The van der Waals surface area contributed by atoms with E-state index in [1.165, 1.54) is 296 Å². The number of hydrogen-bond donors (Lipinski definition) is 0. The average molecular weight is 1220 g/mol. The predicted octanol–water partition coefficient (Wildman–Crippen LogP) is 26.6. The highest BCUT2D eigenvalue weighted by Crippen LogP contribution is 2.52. The summed E-state index contributed by atoms with van der Waals surface area (Å²) in [6.45, 7) is 10.6. The second kappa shape index (κ2) is 37.7. The van der Waals surface area contributed by atoms with Gasteiger partial charge in [0, 0.05) is 53.8 Å². The number of hydrogen-bond acceptors (Lipinski definition) is 6. The van der Waals surface area contributed by atoms with Crippen molar-refractivity contribution in [1.82, 2.24) is 0 Å². The zero-order valence-corrected chi connectivity index (χ0v) is 56.9. The van der Waals surface area contributed by atoms with Crippen molar-refractivity contribution >= 4 is 119 Å². The van der Waals surface area contributed by atoms with Crippen molar-refractivity contribution in [2.24, 2.45) is 11.8 Å². The van der Waals surface area contributed by atoms with Gasteiger partial charge in [-0.15, -0.1) is 45.3 Å². The third kappa shape index (κ3) is 19.5. The van der Waals surface area contributed by atoms with Gasteiger partial charge in [-0.25, -0.2) is 0 Å². The fraction of sp³-hybridized carbons (Fsp3) is 0.684. The highest BCUT2D eigenvalue weighted by atomic mass is 32.1. The Morgan fingerprint density at radius 2 is 0.607 bits per heavy atom. The van der Waals surface area contributed by atoms with E-state index < -0.39 is 0 Å². The van der Waals surface area contributed by atoms with Crippen LogP contribution in [-0.4, -0.2) is 24.9 Å². The van der Waals surface area contributed by atoms with Gasteiger partial charge >= 0.3 is 0 Å². The van der Waals surface area contributed by atoms with Crippen LogP contribution in [0, 0.1) is 11.8 Å². The molecule has 0 fully saturated rings. The minimum Gasteiger partial charge on any atom is -0.308 e. The predicted molar refractivity (Wildman–Crippen MR) is 379 cm³/mol. The molecule has 6 heterocycles. The number of carbonyl (C=O) groups excluding carboxylic acids is 2. The fourth-order valence-corrected chi connectivity index (χ4v) is 19.0. The van der Waals surface area contributed by atoms with E-state index in [1.54, 1.807) is 0 Å². The average Bonchev–Trinajstić information content (AvgIpc) is 2.00. The molecular weight excluding hydrogens is 1100 g/mol. The number of benzene rings is 2. The van der Waals surface area contributed by atoms with Crippen LogP contribution < -0.4 is 9.80 Å². The molecule has 4 aromatic heterocycles. The smallest absolute Gasteiger partial charge is 0.259 e. The second-order valence-electron chi connectivity index (χ2n) is 26.3. The molecule has 0 saturated carbocycles. The van der Waals surface area contributed by atoms with Crippen LogP contribution in [0.4, 0.5) is 11.4 Å². The van der Waals surface area contributed by atoms with Crippen molar-refractivity contribution in [3.05, 3.63) is 58.3 Å². The zero-order valence-electron chi connectivity index (χ0n) is 53.6. The summed E-state index contributed by atoms with van der Waals surface area (Å²) in [5.41, 5.74) is 5.24. The van der Waals surface area contributed by atoms with Crippen LogP contribution >= 0.6 is 45.3 Å². The summed E-state index contributed by atoms with van der Waals surface area (Å²) in [6.07, 6.45) is 58.9. The molecule has 464 valence electrons. The van der Waals surface area contributed by atoms with Gasteiger partial charge in [0.25, 0.3) is 11.8 Å². The van der Waals surface area contributed by atoms with E-state index in [0.717, 1.165) is 48.2 Å². The van der Waals surface area contributed by atoms with E-state index in [9.17, 15) is 0 Å². The minimum absolute atomic E-state index is 0.0322. The highest BCUT2D eigenvalue weighted by Gasteiger charge is 2.43. The van der Waals surface area contributed by atoms with Crippen LogP contribution in [0.1, 0.15) is 321 Å². The molecule has 2 aliphatic rings. The van der Waals surface area contributed by atoms with Crippen LogP contribution in [0.5, 0.6) is 0 Å². The molecular formula is C76H114N2O2S4. The molecule has 0 bridgehead atoms. The van der Waals surface area contributed by atoms with Gasteiger partial charge in [-0.3, -0.25) is 9.59 Å². The molecule has 2 unspecified atom stereocenters. The first-order valence-electron chi connectivity index (χ1n) is 35.7. The molecule has 0 aliphatic carbocycles. The van der Waals surface area contributed by atoms with Gasteiger partial charge in [0.2, 0.25) is 0 Å². The summed E-state index contributed by atoms with van der Waals surface area (Å²) >= 11 is 7.29. The summed E-state index contributed by atoms with van der Waals surface area (Å²) in [5, 5.41) is 6.92. The Balaban J connectivity index is 0.999. The van der Waals surface area contributed by atoms with E-state index in [0.29, 0.717) is 36.1 Å². The van der Waals surface area contributed by atoms with Crippen molar-refractivity contribution < 1.29 is 9.59 Å². The van der Waals surface area contributed by atoms with Gasteiger partial charge in [-0.05, 0) is 84.7 Å². The number of fused-ring (bicyclic) bond motifs is 8. The van der Waals surface area contributed by atoms with Gasteiger partial charge in [0.15, 0.2) is 0 Å². The summed E-state index contributed by atoms with van der Waals surface area (Å²) in [4.78, 5) is 35.7. The van der Waals surface area contributed by atoms with Gasteiger partial charge in [-0.2, -0.15) is 0 Å². The van der Waals surface area contributed by atoms with Crippen LogP contribution in [0.15, 0.2) is 47.2 Å². The molecule has 2 aliphatic heterocycles. The minimum atomic E-state index is 0.0322. The summed E-state index contributed by atoms with van der Waals surface area (Å²) in [7, 11) is 0. The van der Waals surface area contributed by atoms with Crippen molar-refractivity contribution in [3.63, 3.8) is 0 Å². The number of amides is 2. The SMILES string of the molecule is CCCCCCCCCCCCC(CCCCCCCCCC)CCCN1C(=O)/C(=C2/C(=O)N(CCCC(CCCCCCCCCC)CCCCCCCCCCCC)c3cc4c(cc32)sc2ccsc24)c2cc3sc4ccsc4c3cc21. The van der Waals surface area contributed by atoms with Crippen molar-refractivity contribution in [3.8, 4) is 0 Å². The Hall–Kier alpha value is -3.04. The zero-order chi connectivity index (χ0) is 58.6. The number of rotatable bonds is 48. The summed E-state index contributed by atoms with van der Waals surface area (Å²) in [6, 6.07) is 13.8. The van der Waals surface area contributed by atoms with Crippen LogP contribution in [0.2, 0.25) is 0 Å².